The lowest BCUT2D eigenvalue weighted by atomic mass is 10.0. The van der Waals surface area contributed by atoms with Crippen molar-refractivity contribution in [2.75, 3.05) is 10.6 Å². The minimum atomic E-state index is -1.12. The fourth-order valence-corrected chi connectivity index (χ4v) is 2.90. The molecule has 0 bridgehead atoms. The summed E-state index contributed by atoms with van der Waals surface area (Å²) in [5.41, 5.74) is 1.17. The number of urea groups is 1. The largest absolute Gasteiger partial charge is 0.323 e. The van der Waals surface area contributed by atoms with Crippen LogP contribution in [0.25, 0.3) is 11.0 Å². The molecular formula is C22H13F3N4O2. The Morgan fingerprint density at radius 1 is 0.677 bits per heavy atom. The Bertz CT molecular complexity index is 1330. The molecule has 1 aromatic heterocycles. The van der Waals surface area contributed by atoms with Crippen LogP contribution in [0.2, 0.25) is 0 Å². The van der Waals surface area contributed by atoms with Crippen molar-refractivity contribution in [3.8, 4) is 0 Å². The van der Waals surface area contributed by atoms with E-state index in [9.17, 15) is 22.8 Å². The molecule has 0 aliphatic carbocycles. The monoisotopic (exact) mass is 422 g/mol. The van der Waals surface area contributed by atoms with E-state index in [1.165, 1.54) is 42.7 Å². The topological polar surface area (TPSA) is 84.0 Å². The molecule has 0 unspecified atom stereocenters. The number of carbonyl (C=O) groups excluding carboxylic acids is 2. The zero-order valence-corrected chi connectivity index (χ0v) is 15.7. The van der Waals surface area contributed by atoms with Crippen LogP contribution < -0.4 is 10.6 Å². The van der Waals surface area contributed by atoms with Crippen molar-refractivity contribution >= 4 is 34.2 Å². The second-order valence-electron chi connectivity index (χ2n) is 6.49. The second-order valence-corrected chi connectivity index (χ2v) is 6.49. The molecule has 0 saturated carbocycles. The number of anilines is 2. The van der Waals surface area contributed by atoms with Gasteiger partial charge in [0, 0.05) is 35.4 Å². The molecule has 9 heteroatoms. The number of rotatable bonds is 4. The molecular weight excluding hydrogens is 409 g/mol. The van der Waals surface area contributed by atoms with Crippen LogP contribution >= 0.6 is 0 Å². The number of ketones is 1. The molecule has 0 radical (unpaired) electrons. The molecule has 0 saturated heterocycles. The highest BCUT2D eigenvalue weighted by Gasteiger charge is 2.16. The number of benzene rings is 3. The van der Waals surface area contributed by atoms with E-state index < -0.39 is 29.3 Å². The smallest absolute Gasteiger partial charge is 0.308 e. The average molecular weight is 422 g/mol. The van der Waals surface area contributed by atoms with E-state index in [-0.39, 0.29) is 22.5 Å². The zero-order chi connectivity index (χ0) is 22.0. The van der Waals surface area contributed by atoms with Crippen LogP contribution in [0, 0.1) is 17.5 Å². The minimum absolute atomic E-state index is 0.0204. The maximum atomic E-state index is 14.3. The summed E-state index contributed by atoms with van der Waals surface area (Å²) in [6.07, 6.45) is 3.00. The number of fused-ring (bicyclic) bond motifs is 1. The second kappa shape index (κ2) is 8.23. The van der Waals surface area contributed by atoms with Gasteiger partial charge in [0.1, 0.15) is 5.82 Å². The highest BCUT2D eigenvalue weighted by atomic mass is 19.2. The molecule has 31 heavy (non-hydrogen) atoms. The van der Waals surface area contributed by atoms with E-state index in [2.05, 4.69) is 20.6 Å². The lowest BCUT2D eigenvalue weighted by molar-refractivity contribution is 0.103. The number of nitrogens with one attached hydrogen (secondary N) is 2. The summed E-state index contributed by atoms with van der Waals surface area (Å²) in [7, 11) is 0. The van der Waals surface area contributed by atoms with Gasteiger partial charge < -0.3 is 10.6 Å². The average Bonchev–Trinajstić information content (AvgIpc) is 2.77. The first-order valence-electron chi connectivity index (χ1n) is 8.99. The van der Waals surface area contributed by atoms with E-state index in [0.717, 1.165) is 18.2 Å². The van der Waals surface area contributed by atoms with E-state index in [4.69, 9.17) is 0 Å². The van der Waals surface area contributed by atoms with Crippen molar-refractivity contribution in [3.63, 3.8) is 0 Å². The molecule has 2 amide bonds. The van der Waals surface area contributed by atoms with Crippen molar-refractivity contribution in [2.24, 2.45) is 0 Å². The Kier molecular flexibility index (Phi) is 5.31. The van der Waals surface area contributed by atoms with Crippen molar-refractivity contribution in [2.45, 2.75) is 0 Å². The van der Waals surface area contributed by atoms with Crippen LogP contribution in [-0.4, -0.2) is 21.8 Å². The first kappa shape index (κ1) is 20.0. The van der Waals surface area contributed by atoms with Gasteiger partial charge in [-0.25, -0.2) is 18.0 Å². The van der Waals surface area contributed by atoms with Gasteiger partial charge in [-0.05, 0) is 48.5 Å². The number of carbonyl (C=O) groups is 2. The molecule has 1 heterocycles. The molecule has 154 valence electrons. The Balaban J connectivity index is 1.55. The highest BCUT2D eigenvalue weighted by molar-refractivity contribution is 6.11. The summed E-state index contributed by atoms with van der Waals surface area (Å²) in [5.74, 6) is -3.54. The van der Waals surface area contributed by atoms with Crippen LogP contribution in [0.5, 0.6) is 0 Å². The Hall–Kier alpha value is -4.27. The Labute approximate surface area is 173 Å². The van der Waals surface area contributed by atoms with Crippen molar-refractivity contribution in [1.82, 2.24) is 9.97 Å². The van der Waals surface area contributed by atoms with Gasteiger partial charge >= 0.3 is 6.03 Å². The third-order valence-corrected chi connectivity index (χ3v) is 4.38. The van der Waals surface area contributed by atoms with Gasteiger partial charge in [0.05, 0.1) is 16.6 Å². The number of aromatic nitrogens is 2. The number of hydrogen-bond donors (Lipinski definition) is 2. The predicted octanol–water partition coefficient (Wildman–Crippen LogP) is 4.92. The summed E-state index contributed by atoms with van der Waals surface area (Å²) < 4.78 is 40.6. The first-order chi connectivity index (χ1) is 14.9. The molecule has 6 nitrogen and oxygen atoms in total. The molecule has 0 atom stereocenters. The molecule has 0 aliphatic rings. The number of halogens is 3. The minimum Gasteiger partial charge on any atom is -0.308 e. The highest BCUT2D eigenvalue weighted by Crippen LogP contribution is 2.21. The van der Waals surface area contributed by atoms with E-state index in [1.54, 1.807) is 6.07 Å². The molecule has 0 spiro atoms. The standard InChI is InChI=1S/C22H13F3N4O2/c23-16-4-2-13(28-22(31)29-14-3-5-17(24)18(25)11-14)10-15(16)21(30)12-1-6-19-20(9-12)27-8-7-26-19/h1-11H,(H2,28,29,31). The van der Waals surface area contributed by atoms with Crippen molar-refractivity contribution in [1.29, 1.82) is 0 Å². The lowest BCUT2D eigenvalue weighted by Gasteiger charge is -2.10. The summed E-state index contributed by atoms with van der Waals surface area (Å²) in [5, 5.41) is 4.74. The van der Waals surface area contributed by atoms with Crippen molar-refractivity contribution < 1.29 is 22.8 Å². The fraction of sp³-hybridized carbons (Fsp3) is 0. The molecule has 4 rings (SSSR count). The van der Waals surface area contributed by atoms with Crippen LogP contribution in [0.1, 0.15) is 15.9 Å². The molecule has 2 N–H and O–H groups in total. The zero-order valence-electron chi connectivity index (χ0n) is 15.7. The normalized spacial score (nSPS) is 10.7. The van der Waals surface area contributed by atoms with Crippen LogP contribution in [0.3, 0.4) is 0 Å². The SMILES string of the molecule is O=C(Nc1ccc(F)c(F)c1)Nc1ccc(F)c(C(=O)c2ccc3nccnc3c2)c1. The van der Waals surface area contributed by atoms with Crippen molar-refractivity contribution in [3.05, 3.63) is 95.6 Å². The summed E-state index contributed by atoms with van der Waals surface area (Å²) in [4.78, 5) is 33.2. The van der Waals surface area contributed by atoms with E-state index in [0.29, 0.717) is 11.0 Å². The van der Waals surface area contributed by atoms with E-state index in [1.807, 2.05) is 0 Å². The van der Waals surface area contributed by atoms with Gasteiger partial charge in [-0.1, -0.05) is 0 Å². The molecule has 0 aliphatic heterocycles. The van der Waals surface area contributed by atoms with Gasteiger partial charge in [-0.2, -0.15) is 0 Å². The van der Waals surface area contributed by atoms with Gasteiger partial charge in [-0.3, -0.25) is 14.8 Å². The summed E-state index contributed by atoms with van der Waals surface area (Å²) >= 11 is 0. The number of hydrogen-bond acceptors (Lipinski definition) is 4. The number of amides is 2. The molecule has 3 aromatic carbocycles. The molecule has 0 fully saturated rings. The van der Waals surface area contributed by atoms with Gasteiger partial charge in [-0.15, -0.1) is 0 Å². The summed E-state index contributed by atoms with van der Waals surface area (Å²) in [6.45, 7) is 0. The maximum Gasteiger partial charge on any atom is 0.323 e. The quantitative estimate of drug-likeness (QED) is 0.457. The first-order valence-corrected chi connectivity index (χ1v) is 8.99. The number of nitrogens with zero attached hydrogens (tertiary/aromatic N) is 2. The third kappa shape index (κ3) is 4.35. The maximum absolute atomic E-state index is 14.3. The Morgan fingerprint density at radius 3 is 2.03 bits per heavy atom. The fourth-order valence-electron chi connectivity index (χ4n) is 2.90. The Morgan fingerprint density at radius 2 is 1.32 bits per heavy atom. The predicted molar refractivity (Wildman–Crippen MR) is 108 cm³/mol. The van der Waals surface area contributed by atoms with Crippen LogP contribution in [0.4, 0.5) is 29.3 Å². The van der Waals surface area contributed by atoms with E-state index >= 15 is 0 Å². The van der Waals surface area contributed by atoms with Gasteiger partial charge in [0.15, 0.2) is 17.4 Å². The third-order valence-electron chi connectivity index (χ3n) is 4.38. The lowest BCUT2D eigenvalue weighted by Crippen LogP contribution is -2.20. The molecule has 4 aromatic rings. The van der Waals surface area contributed by atoms with Gasteiger partial charge in [0.2, 0.25) is 0 Å². The van der Waals surface area contributed by atoms with Gasteiger partial charge in [0.25, 0.3) is 0 Å². The summed E-state index contributed by atoms with van der Waals surface area (Å²) in [6, 6.07) is 10.2. The van der Waals surface area contributed by atoms with Crippen LogP contribution in [0.15, 0.2) is 67.0 Å². The van der Waals surface area contributed by atoms with Crippen LogP contribution in [-0.2, 0) is 0 Å².